The van der Waals surface area contributed by atoms with Crippen LogP contribution in [0.25, 0.3) is 0 Å². The Hall–Kier alpha value is -0.840. The first-order valence-electron chi connectivity index (χ1n) is 7.37. The molecule has 0 unspecified atom stereocenters. The van der Waals surface area contributed by atoms with Crippen molar-refractivity contribution in [2.24, 2.45) is 0 Å². The average Bonchev–Trinajstić information content (AvgIpc) is 3.26. The van der Waals surface area contributed by atoms with Crippen molar-refractivity contribution in [2.75, 3.05) is 31.7 Å². The Balaban J connectivity index is 2.02. The molecule has 1 aromatic heterocycles. The van der Waals surface area contributed by atoms with E-state index in [9.17, 15) is 0 Å². The van der Waals surface area contributed by atoms with Crippen molar-refractivity contribution in [3.05, 3.63) is 22.8 Å². The third-order valence-electron chi connectivity index (χ3n) is 3.43. The largest absolute Gasteiger partial charge is 0.383 e. The molecular weight excluding hydrogens is 274 g/mol. The first-order valence-corrected chi connectivity index (χ1v) is 7.74. The molecule has 0 bridgehead atoms. The number of hydrogen-bond acceptors (Lipinski definition) is 4. The summed E-state index contributed by atoms with van der Waals surface area (Å²) < 4.78 is 5.18. The second kappa shape index (κ2) is 7.81. The van der Waals surface area contributed by atoms with E-state index in [1.807, 2.05) is 12.3 Å². The molecule has 20 heavy (non-hydrogen) atoms. The first-order chi connectivity index (χ1) is 9.76. The molecule has 0 amide bonds. The minimum atomic E-state index is 0.583. The van der Waals surface area contributed by atoms with Gasteiger partial charge in [-0.1, -0.05) is 18.5 Å². The van der Waals surface area contributed by atoms with Crippen LogP contribution >= 0.6 is 11.6 Å². The number of rotatable bonds is 9. The van der Waals surface area contributed by atoms with Crippen molar-refractivity contribution < 1.29 is 4.74 Å². The van der Waals surface area contributed by atoms with Gasteiger partial charge >= 0.3 is 0 Å². The van der Waals surface area contributed by atoms with Crippen molar-refractivity contribution in [3.63, 3.8) is 0 Å². The summed E-state index contributed by atoms with van der Waals surface area (Å²) in [6.45, 7) is 5.55. The number of methoxy groups -OCH3 is 1. The Kier molecular flexibility index (Phi) is 6.07. The second-order valence-corrected chi connectivity index (χ2v) is 5.65. The highest BCUT2D eigenvalue weighted by Crippen LogP contribution is 2.34. The average molecular weight is 298 g/mol. The SMILES string of the molecule is CCCNCc1cnc(N(CCOC)C2CC2)c(Cl)c1. The number of nitrogens with zero attached hydrogens (tertiary/aromatic N) is 2. The molecule has 112 valence electrons. The molecular formula is C15H24ClN3O. The predicted octanol–water partition coefficient (Wildman–Crippen LogP) is 2.85. The van der Waals surface area contributed by atoms with E-state index >= 15 is 0 Å². The Morgan fingerprint density at radius 2 is 2.30 bits per heavy atom. The Bertz CT molecular complexity index is 424. The van der Waals surface area contributed by atoms with Gasteiger partial charge in [0.05, 0.1) is 11.6 Å². The first kappa shape index (κ1) is 15.5. The van der Waals surface area contributed by atoms with Gasteiger partial charge in [0.1, 0.15) is 5.82 Å². The van der Waals surface area contributed by atoms with Crippen LogP contribution in [0.5, 0.6) is 0 Å². The molecule has 1 fully saturated rings. The van der Waals surface area contributed by atoms with Crippen LogP contribution in [-0.4, -0.2) is 37.8 Å². The number of anilines is 1. The highest BCUT2D eigenvalue weighted by Gasteiger charge is 2.30. The summed E-state index contributed by atoms with van der Waals surface area (Å²) in [5, 5.41) is 4.10. The van der Waals surface area contributed by atoms with E-state index in [1.54, 1.807) is 7.11 Å². The molecule has 4 nitrogen and oxygen atoms in total. The molecule has 0 atom stereocenters. The molecule has 0 saturated heterocycles. The van der Waals surface area contributed by atoms with E-state index in [0.29, 0.717) is 12.6 Å². The maximum atomic E-state index is 6.41. The molecule has 5 heteroatoms. The molecule has 1 saturated carbocycles. The normalized spacial score (nSPS) is 14.6. The van der Waals surface area contributed by atoms with Crippen LogP contribution in [0.4, 0.5) is 5.82 Å². The van der Waals surface area contributed by atoms with Gasteiger partial charge in [-0.25, -0.2) is 4.98 Å². The summed E-state index contributed by atoms with van der Waals surface area (Å²) >= 11 is 6.41. The third-order valence-corrected chi connectivity index (χ3v) is 3.71. The number of ether oxygens (including phenoxy) is 1. The zero-order valence-corrected chi connectivity index (χ0v) is 13.1. The van der Waals surface area contributed by atoms with Gasteiger partial charge in [-0.05, 0) is 37.4 Å². The summed E-state index contributed by atoms with van der Waals surface area (Å²) in [5.41, 5.74) is 1.13. The zero-order chi connectivity index (χ0) is 14.4. The second-order valence-electron chi connectivity index (χ2n) is 5.24. The smallest absolute Gasteiger partial charge is 0.147 e. The van der Waals surface area contributed by atoms with Crippen molar-refractivity contribution in [2.45, 2.75) is 38.8 Å². The van der Waals surface area contributed by atoms with Crippen molar-refractivity contribution in [3.8, 4) is 0 Å². The quantitative estimate of drug-likeness (QED) is 0.711. The number of nitrogens with one attached hydrogen (secondary N) is 1. The topological polar surface area (TPSA) is 37.4 Å². The molecule has 2 rings (SSSR count). The number of hydrogen-bond donors (Lipinski definition) is 1. The monoisotopic (exact) mass is 297 g/mol. The zero-order valence-electron chi connectivity index (χ0n) is 12.4. The fraction of sp³-hybridized carbons (Fsp3) is 0.667. The standard InChI is InChI=1S/C15H24ClN3O/c1-3-6-17-10-12-9-14(16)15(18-11-12)19(7-8-20-2)13-4-5-13/h9,11,13,17H,3-8,10H2,1-2H3. The molecule has 1 aliphatic rings. The number of halogens is 1. The Labute approximate surface area is 126 Å². The van der Waals surface area contributed by atoms with Gasteiger partial charge in [-0.15, -0.1) is 0 Å². The van der Waals surface area contributed by atoms with Crippen molar-refractivity contribution >= 4 is 17.4 Å². The Morgan fingerprint density at radius 3 is 2.90 bits per heavy atom. The predicted molar refractivity (Wildman–Crippen MR) is 83.5 cm³/mol. The summed E-state index contributed by atoms with van der Waals surface area (Å²) in [4.78, 5) is 6.84. The van der Waals surface area contributed by atoms with E-state index < -0.39 is 0 Å². The van der Waals surface area contributed by atoms with Gasteiger partial charge in [0.15, 0.2) is 0 Å². The lowest BCUT2D eigenvalue weighted by molar-refractivity contribution is 0.204. The number of pyridine rings is 1. The lowest BCUT2D eigenvalue weighted by Crippen LogP contribution is -2.30. The Morgan fingerprint density at radius 1 is 1.50 bits per heavy atom. The molecule has 1 heterocycles. The van der Waals surface area contributed by atoms with Crippen LogP contribution in [0.1, 0.15) is 31.7 Å². The van der Waals surface area contributed by atoms with E-state index in [-0.39, 0.29) is 0 Å². The highest BCUT2D eigenvalue weighted by atomic mass is 35.5. The third kappa shape index (κ3) is 4.33. The van der Waals surface area contributed by atoms with Crippen molar-refractivity contribution in [1.29, 1.82) is 0 Å². The summed E-state index contributed by atoms with van der Waals surface area (Å²) in [7, 11) is 1.72. The maximum Gasteiger partial charge on any atom is 0.147 e. The van der Waals surface area contributed by atoms with Crippen LogP contribution < -0.4 is 10.2 Å². The fourth-order valence-electron chi connectivity index (χ4n) is 2.23. The maximum absolute atomic E-state index is 6.41. The van der Waals surface area contributed by atoms with E-state index in [4.69, 9.17) is 16.3 Å². The van der Waals surface area contributed by atoms with Gasteiger partial charge in [0.2, 0.25) is 0 Å². The van der Waals surface area contributed by atoms with Crippen LogP contribution in [0.2, 0.25) is 5.02 Å². The fourth-order valence-corrected chi connectivity index (χ4v) is 2.52. The van der Waals surface area contributed by atoms with Crippen molar-refractivity contribution in [1.82, 2.24) is 10.3 Å². The molecule has 1 aromatic rings. The molecule has 0 aromatic carbocycles. The lowest BCUT2D eigenvalue weighted by Gasteiger charge is -2.24. The van der Waals surface area contributed by atoms with Crippen LogP contribution in [0.15, 0.2) is 12.3 Å². The summed E-state index contributed by atoms with van der Waals surface area (Å²) in [5.74, 6) is 0.894. The van der Waals surface area contributed by atoms with Gasteiger partial charge in [-0.2, -0.15) is 0 Å². The van der Waals surface area contributed by atoms with Gasteiger partial charge in [-0.3, -0.25) is 0 Å². The van der Waals surface area contributed by atoms with E-state index in [1.165, 1.54) is 12.8 Å². The van der Waals surface area contributed by atoms with Gasteiger partial charge in [0, 0.05) is 32.4 Å². The minimum Gasteiger partial charge on any atom is -0.383 e. The molecule has 1 aliphatic carbocycles. The van der Waals surface area contributed by atoms with E-state index in [2.05, 4.69) is 22.1 Å². The highest BCUT2D eigenvalue weighted by molar-refractivity contribution is 6.33. The number of aromatic nitrogens is 1. The summed E-state index contributed by atoms with van der Waals surface area (Å²) in [6, 6.07) is 2.61. The van der Waals surface area contributed by atoms with Crippen LogP contribution in [0.3, 0.4) is 0 Å². The van der Waals surface area contributed by atoms with Gasteiger partial charge < -0.3 is 15.0 Å². The minimum absolute atomic E-state index is 0.583. The van der Waals surface area contributed by atoms with Crippen LogP contribution in [-0.2, 0) is 11.3 Å². The molecule has 0 spiro atoms. The molecule has 0 radical (unpaired) electrons. The van der Waals surface area contributed by atoms with E-state index in [0.717, 1.165) is 42.5 Å². The summed E-state index contributed by atoms with van der Waals surface area (Å²) in [6.07, 6.45) is 5.50. The lowest BCUT2D eigenvalue weighted by atomic mass is 10.2. The van der Waals surface area contributed by atoms with Crippen LogP contribution in [0, 0.1) is 0 Å². The van der Waals surface area contributed by atoms with Gasteiger partial charge in [0.25, 0.3) is 0 Å². The molecule has 0 aliphatic heterocycles. The molecule has 1 N–H and O–H groups in total.